The van der Waals surface area contributed by atoms with E-state index >= 15 is 0 Å². The minimum Gasteiger partial charge on any atom is -0.312 e. The molecule has 0 atom stereocenters. The van der Waals surface area contributed by atoms with Crippen LogP contribution >= 0.6 is 0 Å². The largest absolute Gasteiger partial charge is 0.312 e. The lowest BCUT2D eigenvalue weighted by Crippen LogP contribution is -2.27. The van der Waals surface area contributed by atoms with Crippen molar-refractivity contribution in [1.29, 1.82) is 0 Å². The topological polar surface area (TPSA) is 40.6 Å². The molecule has 2 heterocycles. The average molecular weight is 637 g/mol. The van der Waals surface area contributed by atoms with Crippen LogP contribution < -0.4 is 9.80 Å². The molecular formula is C42H72N2O2. The number of nitrogens with zero attached hydrogens (tertiary/aromatic N) is 2. The molecule has 1 aromatic rings. The summed E-state index contributed by atoms with van der Waals surface area (Å²) < 4.78 is 0. The van der Waals surface area contributed by atoms with Gasteiger partial charge in [0.1, 0.15) is 0 Å². The Kier molecular flexibility index (Phi) is 20.4. The Balaban J connectivity index is 1.24. The van der Waals surface area contributed by atoms with Gasteiger partial charge in [0, 0.05) is 24.5 Å². The van der Waals surface area contributed by atoms with Crippen LogP contribution in [0.3, 0.4) is 0 Å². The number of hydrogen-bond acceptors (Lipinski definition) is 2. The molecule has 2 amide bonds. The highest BCUT2D eigenvalue weighted by atomic mass is 16.2. The Bertz CT molecular complexity index is 895. The molecule has 3 rings (SSSR count). The Morgan fingerprint density at radius 1 is 0.391 bits per heavy atom. The van der Waals surface area contributed by atoms with Crippen LogP contribution in [0.2, 0.25) is 0 Å². The maximum Gasteiger partial charge on any atom is 0.231 e. The number of rotatable bonds is 30. The van der Waals surface area contributed by atoms with Crippen molar-refractivity contribution in [3.63, 3.8) is 0 Å². The smallest absolute Gasteiger partial charge is 0.231 e. The van der Waals surface area contributed by atoms with Crippen LogP contribution in [0.4, 0.5) is 11.4 Å². The van der Waals surface area contributed by atoms with E-state index in [1.54, 1.807) is 0 Å². The molecule has 0 fully saturated rings. The molecule has 2 aliphatic heterocycles. The number of fused-ring (bicyclic) bond motifs is 2. The van der Waals surface area contributed by atoms with Crippen molar-refractivity contribution in [2.45, 2.75) is 206 Å². The van der Waals surface area contributed by atoms with E-state index in [1.807, 2.05) is 9.80 Å². The van der Waals surface area contributed by atoms with E-state index < -0.39 is 0 Å². The molecule has 0 aliphatic carbocycles. The first-order valence-corrected chi connectivity index (χ1v) is 20.4. The highest BCUT2D eigenvalue weighted by Crippen LogP contribution is 2.39. The second kappa shape index (κ2) is 24.3. The van der Waals surface area contributed by atoms with Crippen LogP contribution in [-0.4, -0.2) is 24.9 Å². The van der Waals surface area contributed by atoms with Gasteiger partial charge in [-0.25, -0.2) is 0 Å². The zero-order chi connectivity index (χ0) is 32.7. The summed E-state index contributed by atoms with van der Waals surface area (Å²) in [5.41, 5.74) is 4.39. The normalized spacial score (nSPS) is 14.1. The first-order chi connectivity index (χ1) is 22.7. The summed E-state index contributed by atoms with van der Waals surface area (Å²) in [6.07, 6.45) is 38.7. The maximum atomic E-state index is 12.9. The first kappa shape index (κ1) is 38.6. The van der Waals surface area contributed by atoms with Gasteiger partial charge in [-0.05, 0) is 36.1 Å². The summed E-state index contributed by atoms with van der Waals surface area (Å²) in [6, 6.07) is 4.34. The van der Waals surface area contributed by atoms with Gasteiger partial charge in [0.2, 0.25) is 11.8 Å². The fourth-order valence-electron chi connectivity index (χ4n) is 7.65. The predicted octanol–water partition coefficient (Wildman–Crippen LogP) is 12.4. The van der Waals surface area contributed by atoms with Crippen molar-refractivity contribution >= 4 is 23.2 Å². The van der Waals surface area contributed by atoms with Crippen LogP contribution in [0.15, 0.2) is 12.1 Å². The van der Waals surface area contributed by atoms with Gasteiger partial charge in [-0.15, -0.1) is 0 Å². The predicted molar refractivity (Wildman–Crippen MR) is 199 cm³/mol. The van der Waals surface area contributed by atoms with Crippen molar-refractivity contribution in [2.75, 3.05) is 22.9 Å². The van der Waals surface area contributed by atoms with Gasteiger partial charge in [0.25, 0.3) is 0 Å². The van der Waals surface area contributed by atoms with E-state index in [9.17, 15) is 9.59 Å². The number of carbonyl (C=O) groups excluding carboxylic acids is 2. The monoisotopic (exact) mass is 637 g/mol. The van der Waals surface area contributed by atoms with Gasteiger partial charge in [-0.3, -0.25) is 9.59 Å². The molecule has 0 spiro atoms. The Hall–Kier alpha value is -1.84. The van der Waals surface area contributed by atoms with Crippen LogP contribution in [0.5, 0.6) is 0 Å². The summed E-state index contributed by atoms with van der Waals surface area (Å²) in [4.78, 5) is 29.9. The van der Waals surface area contributed by atoms with E-state index in [0.29, 0.717) is 12.8 Å². The van der Waals surface area contributed by atoms with Crippen molar-refractivity contribution in [3.8, 4) is 0 Å². The van der Waals surface area contributed by atoms with Crippen molar-refractivity contribution in [1.82, 2.24) is 0 Å². The zero-order valence-corrected chi connectivity index (χ0v) is 30.5. The fraction of sp³-hybridized carbons (Fsp3) is 0.810. The molecule has 2 aliphatic rings. The SMILES string of the molecule is CCCCCCCCCCCCCCCCN1C(=O)Cc2cc3c(cc21)CC(=O)N3CCCCCCCCCCCCCCCC. The molecule has 0 aromatic heterocycles. The quantitative estimate of drug-likeness (QED) is 0.0788. The maximum absolute atomic E-state index is 12.9. The van der Waals surface area contributed by atoms with Crippen molar-refractivity contribution in [3.05, 3.63) is 23.3 Å². The summed E-state index contributed by atoms with van der Waals surface area (Å²) in [7, 11) is 0. The number of benzene rings is 1. The van der Waals surface area contributed by atoms with Crippen LogP contribution in [0, 0.1) is 0 Å². The van der Waals surface area contributed by atoms with Gasteiger partial charge in [-0.2, -0.15) is 0 Å². The molecule has 0 N–H and O–H groups in total. The van der Waals surface area contributed by atoms with Crippen LogP contribution in [0.25, 0.3) is 0 Å². The molecular weight excluding hydrogens is 564 g/mol. The lowest BCUT2D eigenvalue weighted by atomic mass is 10.0. The lowest BCUT2D eigenvalue weighted by Gasteiger charge is -2.20. The first-order valence-electron chi connectivity index (χ1n) is 20.4. The van der Waals surface area contributed by atoms with E-state index in [4.69, 9.17) is 0 Å². The third-order valence-electron chi connectivity index (χ3n) is 10.6. The standard InChI is InChI=1S/C42H72N2O2/c1-3-5-7-9-11-13-15-17-19-21-23-25-27-29-31-43-39-33-38-36-42(46)44(40(38)34-37(39)35-41(43)45)32-30-28-26-24-22-20-18-16-14-12-10-8-6-4-2/h33-34H,3-32,35-36H2,1-2H3. The van der Waals surface area contributed by atoms with E-state index in [0.717, 1.165) is 48.4 Å². The third-order valence-corrected chi connectivity index (χ3v) is 10.6. The summed E-state index contributed by atoms with van der Waals surface area (Å²) in [5, 5.41) is 0. The highest BCUT2D eigenvalue weighted by Gasteiger charge is 2.33. The summed E-state index contributed by atoms with van der Waals surface area (Å²) in [5.74, 6) is 0.469. The minimum atomic E-state index is 0.234. The van der Waals surface area contributed by atoms with Gasteiger partial charge in [0.05, 0.1) is 12.8 Å². The number of unbranched alkanes of at least 4 members (excludes halogenated alkanes) is 26. The molecule has 46 heavy (non-hydrogen) atoms. The lowest BCUT2D eigenvalue weighted by molar-refractivity contribution is -0.118. The van der Waals surface area contributed by atoms with E-state index in [-0.39, 0.29) is 11.8 Å². The minimum absolute atomic E-state index is 0.234. The number of amides is 2. The van der Waals surface area contributed by atoms with Gasteiger partial charge in [0.15, 0.2) is 0 Å². The molecule has 1 aromatic carbocycles. The number of anilines is 2. The third kappa shape index (κ3) is 14.5. The van der Waals surface area contributed by atoms with Crippen LogP contribution in [-0.2, 0) is 22.4 Å². The van der Waals surface area contributed by atoms with Gasteiger partial charge in [-0.1, -0.05) is 181 Å². The van der Waals surface area contributed by atoms with Gasteiger partial charge < -0.3 is 9.80 Å². The molecule has 0 saturated carbocycles. The van der Waals surface area contributed by atoms with Crippen LogP contribution in [0.1, 0.15) is 205 Å². The second-order valence-electron chi connectivity index (χ2n) is 14.7. The Morgan fingerprint density at radius 3 is 0.891 bits per heavy atom. The average Bonchev–Trinajstić information content (AvgIpc) is 3.53. The Labute approximate surface area is 284 Å². The molecule has 4 nitrogen and oxygen atoms in total. The Morgan fingerprint density at radius 2 is 0.630 bits per heavy atom. The fourth-order valence-corrected chi connectivity index (χ4v) is 7.65. The van der Waals surface area contributed by atoms with E-state index in [1.165, 1.54) is 167 Å². The molecule has 4 heteroatoms. The number of hydrogen-bond donors (Lipinski definition) is 0. The molecule has 0 unspecified atom stereocenters. The molecule has 0 saturated heterocycles. The highest BCUT2D eigenvalue weighted by molar-refractivity contribution is 6.06. The molecule has 0 bridgehead atoms. The number of carbonyl (C=O) groups is 2. The summed E-state index contributed by atoms with van der Waals surface area (Å²) in [6.45, 7) is 6.21. The summed E-state index contributed by atoms with van der Waals surface area (Å²) >= 11 is 0. The zero-order valence-electron chi connectivity index (χ0n) is 30.5. The molecule has 0 radical (unpaired) electrons. The molecule has 262 valence electrons. The van der Waals surface area contributed by atoms with E-state index in [2.05, 4.69) is 26.0 Å². The van der Waals surface area contributed by atoms with Gasteiger partial charge >= 0.3 is 0 Å². The van der Waals surface area contributed by atoms with Crippen molar-refractivity contribution < 1.29 is 9.59 Å². The van der Waals surface area contributed by atoms with Crippen molar-refractivity contribution in [2.24, 2.45) is 0 Å². The second-order valence-corrected chi connectivity index (χ2v) is 14.7.